The van der Waals surface area contributed by atoms with Crippen molar-refractivity contribution in [3.63, 3.8) is 0 Å². The van der Waals surface area contributed by atoms with Crippen molar-refractivity contribution in [3.8, 4) is 11.1 Å². The summed E-state index contributed by atoms with van der Waals surface area (Å²) in [6.07, 6.45) is -1.97. The van der Waals surface area contributed by atoms with Crippen LogP contribution in [0.2, 0.25) is 0 Å². The highest BCUT2D eigenvalue weighted by molar-refractivity contribution is 7.89. The molecule has 5 rings (SSSR count). The molecule has 1 saturated heterocycles. The molecule has 1 N–H and O–H groups in total. The summed E-state index contributed by atoms with van der Waals surface area (Å²) in [7, 11) is -4.08. The second kappa shape index (κ2) is 8.84. The van der Waals surface area contributed by atoms with Crippen LogP contribution in [0.1, 0.15) is 24.2 Å². The summed E-state index contributed by atoms with van der Waals surface area (Å²) in [6.45, 7) is -0.158. The van der Waals surface area contributed by atoms with E-state index in [4.69, 9.17) is 0 Å². The van der Waals surface area contributed by atoms with Crippen molar-refractivity contribution in [2.45, 2.75) is 36.0 Å². The van der Waals surface area contributed by atoms with Gasteiger partial charge >= 0.3 is 6.18 Å². The van der Waals surface area contributed by atoms with Gasteiger partial charge in [0.15, 0.2) is 0 Å². The molecule has 1 aliphatic heterocycles. The van der Waals surface area contributed by atoms with E-state index in [1.165, 1.54) is 12.1 Å². The number of amides is 1. The number of alkyl halides is 3. The maximum absolute atomic E-state index is 14.5. The van der Waals surface area contributed by atoms with Crippen molar-refractivity contribution in [2.75, 3.05) is 6.54 Å². The maximum atomic E-state index is 14.5. The Labute approximate surface area is 208 Å². The normalized spacial score (nSPS) is 21.5. The third-order valence-electron chi connectivity index (χ3n) is 6.72. The average molecular weight is 538 g/mol. The number of sulfonamides is 1. The van der Waals surface area contributed by atoms with Crippen LogP contribution in [-0.4, -0.2) is 40.7 Å². The van der Waals surface area contributed by atoms with Crippen LogP contribution in [0, 0.1) is 17.6 Å². The Balaban J connectivity index is 1.33. The Kier molecular flexibility index (Phi) is 6.02. The molecule has 0 radical (unpaired) electrons. The van der Waals surface area contributed by atoms with Crippen LogP contribution in [0.15, 0.2) is 59.8 Å². The van der Waals surface area contributed by atoms with Gasteiger partial charge in [-0.15, -0.1) is 0 Å². The molecule has 2 aromatic carbocycles. The van der Waals surface area contributed by atoms with Crippen LogP contribution < -0.4 is 5.32 Å². The zero-order chi connectivity index (χ0) is 26.6. The van der Waals surface area contributed by atoms with E-state index in [0.29, 0.717) is 18.4 Å². The number of aromatic nitrogens is 2. The number of nitrogens with one attached hydrogen (secondary N) is 1. The first-order valence-corrected chi connectivity index (χ1v) is 12.6. The van der Waals surface area contributed by atoms with Crippen molar-refractivity contribution in [3.05, 3.63) is 77.9 Å². The highest BCUT2D eigenvalue weighted by Crippen LogP contribution is 2.57. The topological polar surface area (TPSA) is 92.3 Å². The third-order valence-corrected chi connectivity index (χ3v) is 8.67. The quantitative estimate of drug-likeness (QED) is 0.481. The van der Waals surface area contributed by atoms with E-state index in [2.05, 4.69) is 15.3 Å². The Morgan fingerprint density at radius 1 is 1.05 bits per heavy atom. The number of hydrogen-bond donors (Lipinski definition) is 1. The lowest BCUT2D eigenvalue weighted by atomic mass is 10.0. The van der Waals surface area contributed by atoms with E-state index < -0.39 is 45.1 Å². The van der Waals surface area contributed by atoms with Crippen molar-refractivity contribution in [1.82, 2.24) is 19.6 Å². The summed E-state index contributed by atoms with van der Waals surface area (Å²) in [5.74, 6) is -3.33. The predicted molar refractivity (Wildman–Crippen MR) is 120 cm³/mol. The predicted octanol–water partition coefficient (Wildman–Crippen LogP) is 3.91. The average Bonchev–Trinajstić information content (AvgIpc) is 3.46. The van der Waals surface area contributed by atoms with Gasteiger partial charge in [-0.25, -0.2) is 27.2 Å². The maximum Gasteiger partial charge on any atom is 0.451 e. The Bertz CT molecular complexity index is 1460. The molecule has 2 atom stereocenters. The number of nitrogens with zero attached hydrogens (tertiary/aromatic N) is 3. The highest BCUT2D eigenvalue weighted by atomic mass is 32.2. The van der Waals surface area contributed by atoms with Crippen LogP contribution in [0.25, 0.3) is 11.1 Å². The largest absolute Gasteiger partial charge is 0.451 e. The number of halogens is 5. The number of piperidine rings is 1. The van der Waals surface area contributed by atoms with Gasteiger partial charge in [-0.1, -0.05) is 6.07 Å². The zero-order valence-corrected chi connectivity index (χ0v) is 19.8. The van der Waals surface area contributed by atoms with Crippen LogP contribution >= 0.6 is 0 Å². The fraction of sp³-hybridized carbons (Fsp3) is 0.292. The Morgan fingerprint density at radius 2 is 1.73 bits per heavy atom. The molecule has 7 nitrogen and oxygen atoms in total. The molecule has 1 saturated carbocycles. The molecule has 3 aromatic rings. The molecule has 0 spiro atoms. The van der Waals surface area contributed by atoms with Gasteiger partial charge in [0.1, 0.15) is 17.2 Å². The van der Waals surface area contributed by atoms with Gasteiger partial charge < -0.3 is 5.32 Å². The van der Waals surface area contributed by atoms with Gasteiger partial charge in [-0.3, -0.25) is 4.79 Å². The Morgan fingerprint density at radius 3 is 2.35 bits per heavy atom. The van der Waals surface area contributed by atoms with Gasteiger partial charge in [0.05, 0.1) is 4.90 Å². The van der Waals surface area contributed by atoms with E-state index >= 15 is 0 Å². The first kappa shape index (κ1) is 25.2. The lowest BCUT2D eigenvalue weighted by Gasteiger charge is -2.27. The zero-order valence-electron chi connectivity index (χ0n) is 19.0. The van der Waals surface area contributed by atoms with Crippen LogP contribution in [0.3, 0.4) is 0 Å². The number of rotatable bonds is 6. The fourth-order valence-electron chi connectivity index (χ4n) is 4.74. The van der Waals surface area contributed by atoms with E-state index in [1.54, 1.807) is 0 Å². The Hall–Kier alpha value is -3.45. The van der Waals surface area contributed by atoms with Crippen LogP contribution in [0.4, 0.5) is 22.0 Å². The molecule has 1 aliphatic carbocycles. The molecule has 37 heavy (non-hydrogen) atoms. The van der Waals surface area contributed by atoms with Crippen molar-refractivity contribution >= 4 is 15.9 Å². The molecule has 2 fully saturated rings. The second-order valence-electron chi connectivity index (χ2n) is 8.93. The standard InChI is InChI=1S/C24H19F5N4O3S/c25-18-2-4-19(5-3-18)37(35,36)33-8-7-17-10-23(17,33)22(34)32-11-15-9-14(1-6-20(15)26)16-12-30-21(31-13-16)24(27,28)29/h1-6,9,12-13,17H,7-8,10-11H2,(H,32,34)/t17-,23+/m1/s1. The van der Waals surface area contributed by atoms with E-state index in [0.717, 1.165) is 47.0 Å². The molecule has 13 heteroatoms. The van der Waals surface area contributed by atoms with E-state index in [-0.39, 0.29) is 35.0 Å². The molecule has 0 unspecified atom stereocenters. The lowest BCUT2D eigenvalue weighted by Crippen LogP contribution is -2.50. The minimum atomic E-state index is -4.70. The summed E-state index contributed by atoms with van der Waals surface area (Å²) >= 11 is 0. The van der Waals surface area contributed by atoms with Gasteiger partial charge in [0.25, 0.3) is 0 Å². The van der Waals surface area contributed by atoms with Gasteiger partial charge in [0.2, 0.25) is 21.8 Å². The van der Waals surface area contributed by atoms with Crippen LogP contribution in [0.5, 0.6) is 0 Å². The second-order valence-corrected chi connectivity index (χ2v) is 10.8. The lowest BCUT2D eigenvalue weighted by molar-refractivity contribution is -0.145. The molecule has 0 bridgehead atoms. The summed E-state index contributed by atoms with van der Waals surface area (Å²) in [6, 6.07) is 8.12. The van der Waals surface area contributed by atoms with Gasteiger partial charge in [-0.2, -0.15) is 17.5 Å². The molecule has 194 valence electrons. The fourth-order valence-corrected chi connectivity index (χ4v) is 6.55. The molecule has 2 heterocycles. The molecular weight excluding hydrogens is 519 g/mol. The number of hydrogen-bond acceptors (Lipinski definition) is 5. The van der Waals surface area contributed by atoms with Crippen LogP contribution in [-0.2, 0) is 27.5 Å². The molecule has 1 amide bonds. The highest BCUT2D eigenvalue weighted by Gasteiger charge is 2.70. The summed E-state index contributed by atoms with van der Waals surface area (Å²) < 4.78 is 93.4. The smallest absolute Gasteiger partial charge is 0.350 e. The third kappa shape index (κ3) is 4.46. The minimum absolute atomic E-state index is 0.0466. The number of carbonyl (C=O) groups is 1. The number of fused-ring (bicyclic) bond motifs is 1. The van der Waals surface area contributed by atoms with Crippen molar-refractivity contribution in [1.29, 1.82) is 0 Å². The summed E-state index contributed by atoms with van der Waals surface area (Å²) in [5, 5.41) is 2.61. The van der Waals surface area contributed by atoms with Crippen molar-refractivity contribution < 1.29 is 35.2 Å². The first-order chi connectivity index (χ1) is 17.4. The SMILES string of the molecule is O=C(NCc1cc(-c2cnc(C(F)(F)F)nc2)ccc1F)[C@]12C[C@H]1CCN2S(=O)(=O)c1ccc(F)cc1. The first-order valence-electron chi connectivity index (χ1n) is 11.2. The number of benzene rings is 2. The minimum Gasteiger partial charge on any atom is -0.350 e. The molecule has 2 aliphatic rings. The van der Waals surface area contributed by atoms with Gasteiger partial charge in [-0.05, 0) is 60.7 Å². The summed E-state index contributed by atoms with van der Waals surface area (Å²) in [5.41, 5.74) is -0.704. The van der Waals surface area contributed by atoms with Crippen molar-refractivity contribution in [2.24, 2.45) is 5.92 Å². The van der Waals surface area contributed by atoms with Gasteiger partial charge in [0, 0.05) is 36.6 Å². The van der Waals surface area contributed by atoms with E-state index in [9.17, 15) is 35.2 Å². The summed E-state index contributed by atoms with van der Waals surface area (Å²) in [4.78, 5) is 19.7. The molecule has 1 aromatic heterocycles. The molecular formula is C24H19F5N4O3S. The van der Waals surface area contributed by atoms with E-state index in [1.807, 2.05) is 0 Å². The monoisotopic (exact) mass is 538 g/mol. The number of carbonyl (C=O) groups excluding carboxylic acids is 1.